The highest BCUT2D eigenvalue weighted by molar-refractivity contribution is 9.10. The number of carbonyl (C=O) groups is 1. The molecule has 0 bridgehead atoms. The van der Waals surface area contributed by atoms with Crippen LogP contribution in [0.4, 0.5) is 11.4 Å². The highest BCUT2D eigenvalue weighted by atomic mass is 79.9. The second-order valence-corrected chi connectivity index (χ2v) is 7.26. The summed E-state index contributed by atoms with van der Waals surface area (Å²) in [6.07, 6.45) is 0. The molecule has 2 rings (SSSR count). The Morgan fingerprint density at radius 2 is 1.83 bits per heavy atom. The Morgan fingerprint density at radius 1 is 1.17 bits per heavy atom. The molecule has 0 aliphatic carbocycles. The number of quaternary nitrogens is 1. The van der Waals surface area contributed by atoms with Gasteiger partial charge in [-0.05, 0) is 52.7 Å². The van der Waals surface area contributed by atoms with Crippen molar-refractivity contribution in [1.29, 1.82) is 0 Å². The van der Waals surface area contributed by atoms with E-state index in [1.165, 1.54) is 11.3 Å². The largest absolute Gasteiger partial charge is 0.378 e. The molecule has 2 N–H and O–H groups in total. The topological polar surface area (TPSA) is 36.8 Å². The maximum atomic E-state index is 12.2. The molecule has 0 radical (unpaired) electrons. The minimum atomic E-state index is 0.0157. The van der Waals surface area contributed by atoms with Gasteiger partial charge in [0.25, 0.3) is 5.91 Å². The quantitative estimate of drug-likeness (QED) is 0.794. The first-order valence-electron chi connectivity index (χ1n) is 7.98. The molecule has 0 aromatic heterocycles. The highest BCUT2D eigenvalue weighted by Crippen LogP contribution is 2.23. The van der Waals surface area contributed by atoms with E-state index in [4.69, 9.17) is 0 Å². The summed E-state index contributed by atoms with van der Waals surface area (Å²) in [5.41, 5.74) is 4.37. The molecule has 0 fully saturated rings. The van der Waals surface area contributed by atoms with E-state index in [1.807, 2.05) is 46.3 Å². The van der Waals surface area contributed by atoms with Gasteiger partial charge >= 0.3 is 0 Å². The van der Waals surface area contributed by atoms with E-state index in [0.717, 1.165) is 27.2 Å². The highest BCUT2D eigenvalue weighted by Gasteiger charge is 2.12. The van der Waals surface area contributed by atoms with Gasteiger partial charge in [0, 0.05) is 29.8 Å². The number of benzene rings is 2. The summed E-state index contributed by atoms with van der Waals surface area (Å²) in [4.78, 5) is 15.5. The Hall–Kier alpha value is -1.85. The molecule has 2 aromatic carbocycles. The molecule has 1 unspecified atom stereocenters. The zero-order valence-electron chi connectivity index (χ0n) is 14.7. The molecular formula is C19H25BrN3O+. The Kier molecular flexibility index (Phi) is 6.40. The molecule has 0 aliphatic rings. The third kappa shape index (κ3) is 5.35. The van der Waals surface area contributed by atoms with Gasteiger partial charge in [-0.1, -0.05) is 18.2 Å². The summed E-state index contributed by atoms with van der Waals surface area (Å²) in [6.45, 7) is 3.27. The second kappa shape index (κ2) is 8.31. The molecule has 2 aromatic rings. The first-order chi connectivity index (χ1) is 11.3. The van der Waals surface area contributed by atoms with Crippen LogP contribution in [0.25, 0.3) is 0 Å². The first kappa shape index (κ1) is 18.5. The predicted molar refractivity (Wildman–Crippen MR) is 104 cm³/mol. The fourth-order valence-corrected chi connectivity index (χ4v) is 3.11. The molecule has 0 heterocycles. The molecule has 1 amide bonds. The molecule has 1 atom stereocenters. The van der Waals surface area contributed by atoms with Crippen LogP contribution in [-0.4, -0.2) is 33.6 Å². The lowest BCUT2D eigenvalue weighted by Crippen LogP contribution is -3.08. The van der Waals surface area contributed by atoms with Crippen molar-refractivity contribution in [2.75, 3.05) is 37.9 Å². The standard InChI is InChI=1S/C19H24BrN3O/c1-14-5-10-18(17(20)11-14)21-19(24)13-23(4)12-15-6-8-16(9-7-15)22(2)3/h5-11H,12-13H2,1-4H3,(H,21,24)/p+1. The fraction of sp³-hybridized carbons (Fsp3) is 0.316. The number of halogens is 1. The number of amides is 1. The van der Waals surface area contributed by atoms with Crippen LogP contribution in [0.2, 0.25) is 0 Å². The number of aryl methyl sites for hydroxylation is 1. The van der Waals surface area contributed by atoms with Gasteiger partial charge in [0.1, 0.15) is 6.54 Å². The number of hydrogen-bond acceptors (Lipinski definition) is 2. The minimum absolute atomic E-state index is 0.0157. The van der Waals surface area contributed by atoms with E-state index in [0.29, 0.717) is 6.54 Å². The maximum absolute atomic E-state index is 12.2. The van der Waals surface area contributed by atoms with Gasteiger partial charge in [0.05, 0.1) is 12.7 Å². The Morgan fingerprint density at radius 3 is 2.42 bits per heavy atom. The molecule has 24 heavy (non-hydrogen) atoms. The number of hydrogen-bond donors (Lipinski definition) is 2. The smallest absolute Gasteiger partial charge is 0.279 e. The zero-order chi connectivity index (χ0) is 17.7. The normalized spacial score (nSPS) is 11.9. The van der Waals surface area contributed by atoms with Gasteiger partial charge in [-0.25, -0.2) is 0 Å². The summed E-state index contributed by atoms with van der Waals surface area (Å²) >= 11 is 3.49. The van der Waals surface area contributed by atoms with E-state index in [-0.39, 0.29) is 5.91 Å². The molecule has 5 heteroatoms. The number of likely N-dealkylation sites (N-methyl/N-ethyl adjacent to an activating group) is 1. The van der Waals surface area contributed by atoms with Crippen LogP contribution in [-0.2, 0) is 11.3 Å². The van der Waals surface area contributed by atoms with Gasteiger partial charge in [0.15, 0.2) is 6.54 Å². The van der Waals surface area contributed by atoms with Crippen molar-refractivity contribution in [3.63, 3.8) is 0 Å². The van der Waals surface area contributed by atoms with Crippen LogP contribution in [0.1, 0.15) is 11.1 Å². The summed E-state index contributed by atoms with van der Waals surface area (Å²) in [5, 5.41) is 2.96. The van der Waals surface area contributed by atoms with Gasteiger partial charge in [-0.2, -0.15) is 0 Å². The lowest BCUT2D eigenvalue weighted by molar-refractivity contribution is -0.885. The van der Waals surface area contributed by atoms with Crippen molar-refractivity contribution in [2.24, 2.45) is 0 Å². The van der Waals surface area contributed by atoms with Crippen molar-refractivity contribution >= 4 is 33.2 Å². The molecular weight excluding hydrogens is 366 g/mol. The first-order valence-corrected chi connectivity index (χ1v) is 8.78. The maximum Gasteiger partial charge on any atom is 0.279 e. The van der Waals surface area contributed by atoms with Crippen LogP contribution in [0.5, 0.6) is 0 Å². The Balaban J connectivity index is 1.89. The van der Waals surface area contributed by atoms with Crippen LogP contribution in [0.15, 0.2) is 46.9 Å². The van der Waals surface area contributed by atoms with Crippen molar-refractivity contribution in [1.82, 2.24) is 0 Å². The van der Waals surface area contributed by atoms with Gasteiger partial charge in [-0.15, -0.1) is 0 Å². The number of nitrogens with zero attached hydrogens (tertiary/aromatic N) is 1. The van der Waals surface area contributed by atoms with E-state index in [9.17, 15) is 4.79 Å². The number of carbonyl (C=O) groups excluding carboxylic acids is 1. The minimum Gasteiger partial charge on any atom is -0.378 e. The van der Waals surface area contributed by atoms with E-state index >= 15 is 0 Å². The van der Waals surface area contributed by atoms with E-state index < -0.39 is 0 Å². The van der Waals surface area contributed by atoms with Crippen LogP contribution in [0, 0.1) is 6.92 Å². The van der Waals surface area contributed by atoms with Crippen LogP contribution < -0.4 is 15.1 Å². The average molecular weight is 391 g/mol. The number of anilines is 2. The SMILES string of the molecule is Cc1ccc(NC(=O)C[NH+](C)Cc2ccc(N(C)C)cc2)c(Br)c1. The lowest BCUT2D eigenvalue weighted by atomic mass is 10.2. The fourth-order valence-electron chi connectivity index (χ4n) is 2.51. The summed E-state index contributed by atoms with van der Waals surface area (Å²) in [7, 11) is 6.09. The zero-order valence-corrected chi connectivity index (χ0v) is 16.3. The second-order valence-electron chi connectivity index (χ2n) is 6.40. The third-order valence-corrected chi connectivity index (χ3v) is 4.48. The van der Waals surface area contributed by atoms with Gasteiger partial charge in [0.2, 0.25) is 0 Å². The van der Waals surface area contributed by atoms with Gasteiger partial charge in [-0.3, -0.25) is 4.79 Å². The monoisotopic (exact) mass is 390 g/mol. The molecule has 0 saturated carbocycles. The predicted octanol–water partition coefficient (Wildman–Crippen LogP) is 2.48. The van der Waals surface area contributed by atoms with Crippen LogP contribution in [0.3, 0.4) is 0 Å². The molecule has 0 aliphatic heterocycles. The van der Waals surface area contributed by atoms with Crippen molar-refractivity contribution < 1.29 is 9.69 Å². The van der Waals surface area contributed by atoms with Gasteiger partial charge < -0.3 is 15.1 Å². The summed E-state index contributed by atoms with van der Waals surface area (Å²) in [6, 6.07) is 14.4. The summed E-state index contributed by atoms with van der Waals surface area (Å²) < 4.78 is 0.910. The van der Waals surface area contributed by atoms with Crippen molar-refractivity contribution in [3.8, 4) is 0 Å². The number of rotatable bonds is 6. The average Bonchev–Trinajstić information content (AvgIpc) is 2.50. The van der Waals surface area contributed by atoms with E-state index in [1.54, 1.807) is 0 Å². The third-order valence-electron chi connectivity index (χ3n) is 3.82. The Bertz CT molecular complexity index is 698. The van der Waals surface area contributed by atoms with Crippen molar-refractivity contribution in [3.05, 3.63) is 58.1 Å². The Labute approximate surface area is 152 Å². The van der Waals surface area contributed by atoms with E-state index in [2.05, 4.69) is 50.4 Å². The molecule has 0 spiro atoms. The van der Waals surface area contributed by atoms with Crippen molar-refractivity contribution in [2.45, 2.75) is 13.5 Å². The number of nitrogens with one attached hydrogen (secondary N) is 2. The molecule has 0 saturated heterocycles. The molecule has 4 nitrogen and oxygen atoms in total. The molecule has 128 valence electrons. The van der Waals surface area contributed by atoms with Crippen LogP contribution >= 0.6 is 15.9 Å². The lowest BCUT2D eigenvalue weighted by Gasteiger charge is -2.16. The summed E-state index contributed by atoms with van der Waals surface area (Å²) in [5.74, 6) is 0.0157.